The Morgan fingerprint density at radius 3 is 2.94 bits per heavy atom. The van der Waals surface area contributed by atoms with Gasteiger partial charge in [0.2, 0.25) is 0 Å². The molecule has 18 heavy (non-hydrogen) atoms. The van der Waals surface area contributed by atoms with Crippen molar-refractivity contribution in [3.8, 4) is 6.07 Å². The SMILES string of the molecule is CNCc1cccc2c1ccn2CCCCC#N. The zero-order valence-electron chi connectivity index (χ0n) is 10.8. The topological polar surface area (TPSA) is 40.8 Å². The molecule has 1 heterocycles. The number of aromatic nitrogens is 1. The summed E-state index contributed by atoms with van der Waals surface area (Å²) in [7, 11) is 1.97. The molecule has 0 fully saturated rings. The normalized spacial score (nSPS) is 10.7. The zero-order valence-corrected chi connectivity index (χ0v) is 10.8. The lowest BCUT2D eigenvalue weighted by Gasteiger charge is -2.06. The van der Waals surface area contributed by atoms with Crippen LogP contribution in [0.25, 0.3) is 10.9 Å². The molecule has 0 bridgehead atoms. The average Bonchev–Trinajstić information content (AvgIpc) is 2.80. The molecule has 0 saturated heterocycles. The molecule has 0 aliphatic heterocycles. The summed E-state index contributed by atoms with van der Waals surface area (Å²) < 4.78 is 2.28. The van der Waals surface area contributed by atoms with Gasteiger partial charge in [-0.15, -0.1) is 0 Å². The Bertz CT molecular complexity index is 548. The highest BCUT2D eigenvalue weighted by molar-refractivity contribution is 5.83. The molecule has 3 nitrogen and oxygen atoms in total. The van der Waals surface area contributed by atoms with Gasteiger partial charge in [0.25, 0.3) is 0 Å². The van der Waals surface area contributed by atoms with Crippen LogP contribution < -0.4 is 5.32 Å². The van der Waals surface area contributed by atoms with Gasteiger partial charge in [-0.25, -0.2) is 0 Å². The number of hydrogen-bond acceptors (Lipinski definition) is 2. The van der Waals surface area contributed by atoms with Gasteiger partial charge in [0.1, 0.15) is 0 Å². The van der Waals surface area contributed by atoms with Crippen LogP contribution in [0.3, 0.4) is 0 Å². The third-order valence-corrected chi connectivity index (χ3v) is 3.21. The Kier molecular flexibility index (Phi) is 4.38. The van der Waals surface area contributed by atoms with Crippen molar-refractivity contribution in [2.45, 2.75) is 32.4 Å². The van der Waals surface area contributed by atoms with Gasteiger partial charge in [0.15, 0.2) is 0 Å². The van der Waals surface area contributed by atoms with Gasteiger partial charge < -0.3 is 9.88 Å². The summed E-state index contributed by atoms with van der Waals surface area (Å²) in [5.74, 6) is 0. The number of aryl methyl sites for hydroxylation is 1. The summed E-state index contributed by atoms with van der Waals surface area (Å²) in [4.78, 5) is 0. The van der Waals surface area contributed by atoms with Gasteiger partial charge in [-0.1, -0.05) is 12.1 Å². The predicted octanol–water partition coefficient (Wildman–Crippen LogP) is 3.05. The minimum Gasteiger partial charge on any atom is -0.347 e. The first-order valence-electron chi connectivity index (χ1n) is 6.45. The molecule has 0 radical (unpaired) electrons. The van der Waals surface area contributed by atoms with Crippen LogP contribution in [0.15, 0.2) is 30.5 Å². The van der Waals surface area contributed by atoms with Crippen molar-refractivity contribution in [3.05, 3.63) is 36.0 Å². The summed E-state index contributed by atoms with van der Waals surface area (Å²) in [5.41, 5.74) is 2.63. The minimum atomic E-state index is 0.657. The Labute approximate surface area is 108 Å². The standard InChI is InChI=1S/C15H19N3/c1-17-12-13-6-5-7-15-14(13)8-11-18(15)10-4-2-3-9-16/h5-8,11,17H,2-4,10,12H2,1H3. The van der Waals surface area contributed by atoms with E-state index in [4.69, 9.17) is 5.26 Å². The molecule has 1 aromatic carbocycles. The highest BCUT2D eigenvalue weighted by Crippen LogP contribution is 2.20. The molecule has 0 spiro atoms. The summed E-state index contributed by atoms with van der Waals surface area (Å²) in [5, 5.41) is 13.1. The second kappa shape index (κ2) is 6.23. The van der Waals surface area contributed by atoms with Crippen molar-refractivity contribution < 1.29 is 0 Å². The fraction of sp³-hybridized carbons (Fsp3) is 0.400. The first kappa shape index (κ1) is 12.7. The maximum absolute atomic E-state index is 8.53. The van der Waals surface area contributed by atoms with Gasteiger partial charge in [-0.05, 0) is 37.6 Å². The lowest BCUT2D eigenvalue weighted by Crippen LogP contribution is -2.05. The van der Waals surface area contributed by atoms with E-state index in [2.05, 4.69) is 46.4 Å². The van der Waals surface area contributed by atoms with Gasteiger partial charge in [0.05, 0.1) is 6.07 Å². The van der Waals surface area contributed by atoms with Gasteiger partial charge in [0, 0.05) is 36.6 Å². The molecule has 0 aliphatic carbocycles. The fourth-order valence-electron chi connectivity index (χ4n) is 2.31. The highest BCUT2D eigenvalue weighted by Gasteiger charge is 2.04. The molecule has 3 heteroatoms. The number of benzene rings is 1. The fourth-order valence-corrected chi connectivity index (χ4v) is 2.31. The van der Waals surface area contributed by atoms with E-state index in [1.165, 1.54) is 16.5 Å². The maximum Gasteiger partial charge on any atom is 0.0621 e. The molecule has 0 saturated carbocycles. The minimum absolute atomic E-state index is 0.657. The highest BCUT2D eigenvalue weighted by atomic mass is 14.9. The molecule has 0 atom stereocenters. The van der Waals surface area contributed by atoms with Crippen LogP contribution in [0.2, 0.25) is 0 Å². The van der Waals surface area contributed by atoms with Crippen LogP contribution in [-0.2, 0) is 13.1 Å². The Balaban J connectivity index is 2.15. The van der Waals surface area contributed by atoms with Crippen molar-refractivity contribution in [2.75, 3.05) is 7.05 Å². The Morgan fingerprint density at radius 1 is 1.28 bits per heavy atom. The first-order valence-corrected chi connectivity index (χ1v) is 6.45. The van der Waals surface area contributed by atoms with Crippen LogP contribution in [0.1, 0.15) is 24.8 Å². The molecule has 2 rings (SSSR count). The first-order chi connectivity index (χ1) is 8.86. The molecular formula is C15H19N3. The number of nitrogens with zero attached hydrogens (tertiary/aromatic N) is 2. The number of nitriles is 1. The molecule has 94 valence electrons. The van der Waals surface area contributed by atoms with Crippen molar-refractivity contribution in [1.82, 2.24) is 9.88 Å². The zero-order chi connectivity index (χ0) is 12.8. The second-order valence-electron chi connectivity index (χ2n) is 4.50. The molecule has 1 N–H and O–H groups in total. The van der Waals surface area contributed by atoms with Crippen molar-refractivity contribution in [1.29, 1.82) is 5.26 Å². The van der Waals surface area contributed by atoms with E-state index in [0.717, 1.165) is 25.9 Å². The van der Waals surface area contributed by atoms with Crippen LogP contribution in [0.4, 0.5) is 0 Å². The van der Waals surface area contributed by atoms with E-state index in [1.807, 2.05) is 7.05 Å². The van der Waals surface area contributed by atoms with Gasteiger partial charge in [-0.3, -0.25) is 0 Å². The summed E-state index contributed by atoms with van der Waals surface area (Å²) >= 11 is 0. The van der Waals surface area contributed by atoms with E-state index >= 15 is 0 Å². The Morgan fingerprint density at radius 2 is 2.17 bits per heavy atom. The lowest BCUT2D eigenvalue weighted by molar-refractivity contribution is 0.632. The van der Waals surface area contributed by atoms with E-state index < -0.39 is 0 Å². The second-order valence-corrected chi connectivity index (χ2v) is 4.50. The molecule has 0 amide bonds. The van der Waals surface area contributed by atoms with Crippen LogP contribution >= 0.6 is 0 Å². The van der Waals surface area contributed by atoms with E-state index in [1.54, 1.807) is 0 Å². The van der Waals surface area contributed by atoms with Gasteiger partial charge in [-0.2, -0.15) is 5.26 Å². The molecule has 2 aromatic rings. The van der Waals surface area contributed by atoms with Crippen molar-refractivity contribution in [3.63, 3.8) is 0 Å². The Hall–Kier alpha value is -1.79. The van der Waals surface area contributed by atoms with Crippen LogP contribution in [0.5, 0.6) is 0 Å². The predicted molar refractivity (Wildman–Crippen MR) is 74.2 cm³/mol. The quantitative estimate of drug-likeness (QED) is 0.790. The molecule has 0 aliphatic rings. The van der Waals surface area contributed by atoms with Gasteiger partial charge >= 0.3 is 0 Å². The maximum atomic E-state index is 8.53. The molecular weight excluding hydrogens is 222 g/mol. The summed E-state index contributed by atoms with van der Waals surface area (Å²) in [6.07, 6.45) is 4.85. The number of hydrogen-bond donors (Lipinski definition) is 1. The number of fused-ring (bicyclic) bond motifs is 1. The third-order valence-electron chi connectivity index (χ3n) is 3.21. The smallest absolute Gasteiger partial charge is 0.0621 e. The van der Waals surface area contributed by atoms with Crippen molar-refractivity contribution >= 4 is 10.9 Å². The van der Waals surface area contributed by atoms with Crippen LogP contribution in [-0.4, -0.2) is 11.6 Å². The average molecular weight is 241 g/mol. The largest absolute Gasteiger partial charge is 0.347 e. The van der Waals surface area contributed by atoms with E-state index in [9.17, 15) is 0 Å². The van der Waals surface area contributed by atoms with Crippen LogP contribution in [0, 0.1) is 11.3 Å². The van der Waals surface area contributed by atoms with E-state index in [0.29, 0.717) is 6.42 Å². The number of nitrogens with one attached hydrogen (secondary N) is 1. The molecule has 0 unspecified atom stereocenters. The summed E-state index contributed by atoms with van der Waals surface area (Å²) in [6.45, 7) is 1.89. The number of rotatable bonds is 6. The molecule has 1 aromatic heterocycles. The number of unbranched alkanes of at least 4 members (excludes halogenated alkanes) is 2. The van der Waals surface area contributed by atoms with E-state index in [-0.39, 0.29) is 0 Å². The monoisotopic (exact) mass is 241 g/mol. The summed E-state index contributed by atoms with van der Waals surface area (Å²) in [6, 6.07) is 10.8. The third kappa shape index (κ3) is 2.72. The van der Waals surface area contributed by atoms with Crippen molar-refractivity contribution in [2.24, 2.45) is 0 Å². The lowest BCUT2D eigenvalue weighted by atomic mass is 10.1.